The van der Waals surface area contributed by atoms with Crippen molar-refractivity contribution in [3.05, 3.63) is 65.7 Å². The second-order valence-corrected chi connectivity index (χ2v) is 9.33. The highest BCUT2D eigenvalue weighted by atomic mass is 16.6. The molecule has 3 N–H and O–H groups in total. The van der Waals surface area contributed by atoms with Gasteiger partial charge in [0.2, 0.25) is 5.91 Å². The summed E-state index contributed by atoms with van der Waals surface area (Å²) in [4.78, 5) is 32.9. The SMILES string of the molecule is CONC(=O)N[C@@H]1CCCC[C@@H]1C(=O)N1CC[C@@H]2[C@H](c3ccccc3)Nc3ccccc3[C@@H]21. The Kier molecular flexibility index (Phi) is 6.22. The van der Waals surface area contributed by atoms with Gasteiger partial charge in [-0.15, -0.1) is 0 Å². The summed E-state index contributed by atoms with van der Waals surface area (Å²) in [6.07, 6.45) is 4.57. The first-order valence-corrected chi connectivity index (χ1v) is 12.0. The van der Waals surface area contributed by atoms with Gasteiger partial charge in [-0.1, -0.05) is 61.4 Å². The van der Waals surface area contributed by atoms with Gasteiger partial charge in [-0.05, 0) is 36.5 Å². The van der Waals surface area contributed by atoms with Crippen molar-refractivity contribution in [2.24, 2.45) is 11.8 Å². The molecular weight excluding hydrogens is 416 g/mol. The van der Waals surface area contributed by atoms with Gasteiger partial charge in [0, 0.05) is 24.2 Å². The fourth-order valence-corrected chi connectivity index (χ4v) is 6.07. The molecule has 2 heterocycles. The number of para-hydroxylation sites is 1. The smallest absolute Gasteiger partial charge is 0.338 e. The molecule has 1 aliphatic carbocycles. The van der Waals surface area contributed by atoms with Crippen LogP contribution in [0.3, 0.4) is 0 Å². The van der Waals surface area contributed by atoms with E-state index in [-0.39, 0.29) is 30.0 Å². The molecule has 0 aromatic heterocycles. The summed E-state index contributed by atoms with van der Waals surface area (Å²) in [7, 11) is 1.41. The van der Waals surface area contributed by atoms with Crippen LogP contribution in [0.5, 0.6) is 0 Å². The molecule has 3 aliphatic rings. The van der Waals surface area contributed by atoms with Crippen molar-refractivity contribution < 1.29 is 14.4 Å². The van der Waals surface area contributed by atoms with E-state index in [9.17, 15) is 9.59 Å². The predicted molar refractivity (Wildman–Crippen MR) is 126 cm³/mol. The Morgan fingerprint density at radius 2 is 1.76 bits per heavy atom. The van der Waals surface area contributed by atoms with E-state index >= 15 is 0 Å². The number of nitrogens with one attached hydrogen (secondary N) is 3. The average Bonchev–Trinajstić information content (AvgIpc) is 3.30. The Morgan fingerprint density at radius 1 is 1.00 bits per heavy atom. The molecule has 7 heteroatoms. The van der Waals surface area contributed by atoms with Gasteiger partial charge < -0.3 is 15.5 Å². The molecule has 2 aliphatic heterocycles. The summed E-state index contributed by atoms with van der Waals surface area (Å²) in [5.41, 5.74) is 5.87. The summed E-state index contributed by atoms with van der Waals surface area (Å²) in [6.45, 7) is 0.737. The molecule has 0 radical (unpaired) electrons. The monoisotopic (exact) mass is 448 g/mol. The molecule has 2 aromatic carbocycles. The van der Waals surface area contributed by atoms with Gasteiger partial charge in [-0.25, -0.2) is 10.3 Å². The van der Waals surface area contributed by atoms with Crippen LogP contribution in [0.4, 0.5) is 10.5 Å². The zero-order valence-corrected chi connectivity index (χ0v) is 19.0. The van der Waals surface area contributed by atoms with Crippen molar-refractivity contribution >= 4 is 17.6 Å². The number of hydrogen-bond donors (Lipinski definition) is 3. The van der Waals surface area contributed by atoms with Crippen molar-refractivity contribution in [3.63, 3.8) is 0 Å². The number of benzene rings is 2. The number of carbonyl (C=O) groups is 2. The number of carbonyl (C=O) groups excluding carboxylic acids is 2. The quantitative estimate of drug-likeness (QED) is 0.614. The van der Waals surface area contributed by atoms with E-state index in [1.165, 1.54) is 18.2 Å². The van der Waals surface area contributed by atoms with Gasteiger partial charge in [0.1, 0.15) is 0 Å². The highest BCUT2D eigenvalue weighted by molar-refractivity contribution is 5.82. The number of nitrogens with zero attached hydrogens (tertiary/aromatic N) is 1. The number of hydrogen-bond acceptors (Lipinski definition) is 4. The largest absolute Gasteiger partial charge is 0.378 e. The van der Waals surface area contributed by atoms with Gasteiger partial charge in [-0.3, -0.25) is 9.63 Å². The molecule has 7 nitrogen and oxygen atoms in total. The molecule has 0 spiro atoms. The third kappa shape index (κ3) is 4.17. The van der Waals surface area contributed by atoms with Crippen LogP contribution in [0.1, 0.15) is 55.3 Å². The molecule has 3 amide bonds. The maximum atomic E-state index is 14.0. The molecular formula is C26H32N4O3. The van der Waals surface area contributed by atoms with Crippen LogP contribution in [0, 0.1) is 11.8 Å². The van der Waals surface area contributed by atoms with Gasteiger partial charge in [0.15, 0.2) is 0 Å². The first kappa shape index (κ1) is 21.8. The number of likely N-dealkylation sites (tertiary alicyclic amines) is 1. The van der Waals surface area contributed by atoms with Crippen LogP contribution in [0.25, 0.3) is 0 Å². The van der Waals surface area contributed by atoms with E-state index in [2.05, 4.69) is 63.5 Å². The third-order valence-electron chi connectivity index (χ3n) is 7.50. The summed E-state index contributed by atoms with van der Waals surface area (Å²) in [6, 6.07) is 18.5. The molecule has 5 rings (SSSR count). The highest BCUT2D eigenvalue weighted by Crippen LogP contribution is 2.51. The summed E-state index contributed by atoms with van der Waals surface area (Å²) >= 11 is 0. The van der Waals surface area contributed by atoms with Crippen molar-refractivity contribution in [1.82, 2.24) is 15.7 Å². The predicted octanol–water partition coefficient (Wildman–Crippen LogP) is 4.16. The van der Waals surface area contributed by atoms with Gasteiger partial charge >= 0.3 is 6.03 Å². The summed E-state index contributed by atoms with van der Waals surface area (Å²) in [5, 5.41) is 6.72. The van der Waals surface area contributed by atoms with Crippen LogP contribution < -0.4 is 16.1 Å². The standard InChI is InChI=1S/C26H32N4O3/c1-33-29-26(32)28-22-14-8-6-12-19(22)25(31)30-16-15-20-23(17-9-3-2-4-10-17)27-21-13-7-5-11-18(21)24(20)30/h2-5,7,9-11,13,19-20,22-24,27H,6,8,12,14-16H2,1H3,(H2,28,29,32)/t19-,20+,22+,23-,24-/m0/s1. The van der Waals surface area contributed by atoms with Crippen molar-refractivity contribution in [2.45, 2.75) is 50.2 Å². The minimum atomic E-state index is -0.391. The number of amides is 3. The van der Waals surface area contributed by atoms with Crippen LogP contribution >= 0.6 is 0 Å². The number of fused-ring (bicyclic) bond motifs is 3. The molecule has 174 valence electrons. The average molecular weight is 449 g/mol. The lowest BCUT2D eigenvalue weighted by Crippen LogP contribution is -2.52. The fraction of sp³-hybridized carbons (Fsp3) is 0.462. The molecule has 5 atom stereocenters. The van der Waals surface area contributed by atoms with E-state index in [1.807, 2.05) is 12.1 Å². The lowest BCUT2D eigenvalue weighted by molar-refractivity contribution is -0.138. The normalized spacial score (nSPS) is 28.3. The van der Waals surface area contributed by atoms with Crippen LogP contribution in [0.15, 0.2) is 54.6 Å². The van der Waals surface area contributed by atoms with Crippen LogP contribution in [-0.4, -0.2) is 36.5 Å². The second kappa shape index (κ2) is 9.43. The molecule has 33 heavy (non-hydrogen) atoms. The second-order valence-electron chi connectivity index (χ2n) is 9.33. The Bertz CT molecular complexity index is 998. The number of rotatable bonds is 4. The maximum Gasteiger partial charge on any atom is 0.338 e. The van der Waals surface area contributed by atoms with Gasteiger partial charge in [0.25, 0.3) is 0 Å². The lowest BCUT2D eigenvalue weighted by atomic mass is 9.79. The first-order valence-electron chi connectivity index (χ1n) is 12.0. The van der Waals surface area contributed by atoms with Crippen molar-refractivity contribution in [3.8, 4) is 0 Å². The molecule has 0 unspecified atom stereocenters. The first-order chi connectivity index (χ1) is 16.2. The number of hydroxylamine groups is 1. The summed E-state index contributed by atoms with van der Waals surface area (Å²) < 4.78 is 0. The van der Waals surface area contributed by atoms with Gasteiger partial charge in [-0.2, -0.15) is 0 Å². The zero-order valence-electron chi connectivity index (χ0n) is 19.0. The highest BCUT2D eigenvalue weighted by Gasteiger charge is 2.48. The molecule has 1 saturated carbocycles. The van der Waals surface area contributed by atoms with Crippen LogP contribution in [-0.2, 0) is 9.63 Å². The van der Waals surface area contributed by atoms with E-state index in [4.69, 9.17) is 4.84 Å². The van der Waals surface area contributed by atoms with Crippen molar-refractivity contribution in [2.75, 3.05) is 19.0 Å². The van der Waals surface area contributed by atoms with E-state index in [1.54, 1.807) is 0 Å². The minimum Gasteiger partial charge on any atom is -0.378 e. The Balaban J connectivity index is 1.43. The lowest BCUT2D eigenvalue weighted by Gasteiger charge is -2.42. The van der Waals surface area contributed by atoms with Gasteiger partial charge in [0.05, 0.1) is 25.1 Å². The Labute approximate surface area is 194 Å². The number of anilines is 1. The zero-order chi connectivity index (χ0) is 22.8. The van der Waals surface area contributed by atoms with E-state index in [0.29, 0.717) is 5.92 Å². The molecule has 2 aromatic rings. The van der Waals surface area contributed by atoms with E-state index < -0.39 is 6.03 Å². The maximum absolute atomic E-state index is 14.0. The van der Waals surface area contributed by atoms with Crippen molar-refractivity contribution in [1.29, 1.82) is 0 Å². The Hall–Kier alpha value is -3.06. The van der Waals surface area contributed by atoms with E-state index in [0.717, 1.165) is 44.3 Å². The molecule has 0 bridgehead atoms. The summed E-state index contributed by atoms with van der Waals surface area (Å²) in [5.74, 6) is 0.254. The topological polar surface area (TPSA) is 82.7 Å². The third-order valence-corrected chi connectivity index (χ3v) is 7.50. The Morgan fingerprint density at radius 3 is 2.58 bits per heavy atom. The molecule has 1 saturated heterocycles. The molecule has 2 fully saturated rings. The fourth-order valence-electron chi connectivity index (χ4n) is 6.07. The number of urea groups is 1. The van der Waals surface area contributed by atoms with Crippen LogP contribution in [0.2, 0.25) is 0 Å². The minimum absolute atomic E-state index is 0.0375.